The second-order valence-corrected chi connectivity index (χ2v) is 9.83. The fraction of sp³-hybridized carbons (Fsp3) is 0.478. The third kappa shape index (κ3) is 4.32. The van der Waals surface area contributed by atoms with E-state index >= 15 is 0 Å². The van der Waals surface area contributed by atoms with Crippen LogP contribution in [0.5, 0.6) is 0 Å². The SMILES string of the molecule is Cc1cnc2ccnc(NCC(=O)NC3CN(C4CCC(O)(c5cncs5)CC4)C3)c2c1. The molecule has 1 aliphatic carbocycles. The fourth-order valence-corrected chi connectivity index (χ4v) is 5.56. The minimum absolute atomic E-state index is 0.0303. The predicted octanol–water partition coefficient (Wildman–Crippen LogP) is 2.44. The molecular weight excluding hydrogens is 424 g/mol. The zero-order valence-corrected chi connectivity index (χ0v) is 18.9. The van der Waals surface area contributed by atoms with Gasteiger partial charge in [0.15, 0.2) is 0 Å². The quantitative estimate of drug-likeness (QED) is 0.528. The Morgan fingerprint density at radius 1 is 1.28 bits per heavy atom. The van der Waals surface area contributed by atoms with Gasteiger partial charge in [0.1, 0.15) is 11.4 Å². The van der Waals surface area contributed by atoms with E-state index in [9.17, 15) is 9.90 Å². The number of pyridine rings is 2. The number of rotatable bonds is 6. The Bertz CT molecular complexity index is 1090. The minimum Gasteiger partial charge on any atom is -0.384 e. The van der Waals surface area contributed by atoms with Gasteiger partial charge in [-0.2, -0.15) is 0 Å². The molecule has 4 heterocycles. The third-order valence-electron chi connectivity index (χ3n) is 6.63. The lowest BCUT2D eigenvalue weighted by Crippen LogP contribution is -2.63. The van der Waals surface area contributed by atoms with Gasteiger partial charge in [-0.25, -0.2) is 4.98 Å². The molecule has 5 rings (SSSR count). The molecule has 0 atom stereocenters. The number of nitrogens with zero attached hydrogens (tertiary/aromatic N) is 4. The van der Waals surface area contributed by atoms with Crippen LogP contribution >= 0.6 is 11.3 Å². The fourth-order valence-electron chi connectivity index (χ4n) is 4.78. The van der Waals surface area contributed by atoms with Crippen molar-refractivity contribution < 1.29 is 9.90 Å². The largest absolute Gasteiger partial charge is 0.384 e. The smallest absolute Gasteiger partial charge is 0.239 e. The summed E-state index contributed by atoms with van der Waals surface area (Å²) in [6.07, 6.45) is 8.79. The number of hydrogen-bond donors (Lipinski definition) is 3. The van der Waals surface area contributed by atoms with Crippen LogP contribution in [0.25, 0.3) is 10.9 Å². The van der Waals surface area contributed by atoms with Crippen molar-refractivity contribution in [1.29, 1.82) is 0 Å². The first kappa shape index (κ1) is 21.2. The maximum atomic E-state index is 12.4. The maximum Gasteiger partial charge on any atom is 0.239 e. The van der Waals surface area contributed by atoms with Crippen molar-refractivity contribution in [2.75, 3.05) is 25.0 Å². The number of carbonyl (C=O) groups is 1. The monoisotopic (exact) mass is 452 g/mol. The van der Waals surface area contributed by atoms with E-state index in [0.29, 0.717) is 11.9 Å². The summed E-state index contributed by atoms with van der Waals surface area (Å²) in [7, 11) is 0. The molecule has 0 radical (unpaired) electrons. The first-order valence-corrected chi connectivity index (χ1v) is 12.0. The van der Waals surface area contributed by atoms with Crippen LogP contribution in [-0.4, -0.2) is 62.6 Å². The molecule has 2 fully saturated rings. The Labute approximate surface area is 191 Å². The number of amides is 1. The number of hydrogen-bond acceptors (Lipinski definition) is 8. The van der Waals surface area contributed by atoms with Crippen LogP contribution in [0.1, 0.15) is 36.1 Å². The van der Waals surface area contributed by atoms with Gasteiger partial charge < -0.3 is 15.7 Å². The highest BCUT2D eigenvalue weighted by Gasteiger charge is 2.40. The summed E-state index contributed by atoms with van der Waals surface area (Å²) < 4.78 is 0. The molecule has 0 aromatic carbocycles. The Balaban J connectivity index is 1.07. The number of carbonyl (C=O) groups excluding carboxylic acids is 1. The van der Waals surface area contributed by atoms with Gasteiger partial charge in [0.25, 0.3) is 0 Å². The molecule has 1 saturated heterocycles. The van der Waals surface area contributed by atoms with Crippen molar-refractivity contribution in [3.63, 3.8) is 0 Å². The molecule has 32 heavy (non-hydrogen) atoms. The molecule has 9 heteroatoms. The zero-order valence-electron chi connectivity index (χ0n) is 18.1. The number of aliphatic hydroxyl groups is 1. The molecule has 168 valence electrons. The van der Waals surface area contributed by atoms with Gasteiger partial charge in [0.05, 0.1) is 28.5 Å². The first-order chi connectivity index (χ1) is 15.5. The molecule has 3 aromatic rings. The highest BCUT2D eigenvalue weighted by Crippen LogP contribution is 2.40. The van der Waals surface area contributed by atoms with E-state index < -0.39 is 5.60 Å². The molecule has 1 saturated carbocycles. The second kappa shape index (κ2) is 8.73. The van der Waals surface area contributed by atoms with Crippen LogP contribution in [0.2, 0.25) is 0 Å². The first-order valence-electron chi connectivity index (χ1n) is 11.1. The normalized spacial score (nSPS) is 24.2. The van der Waals surface area contributed by atoms with E-state index in [4.69, 9.17) is 0 Å². The topological polar surface area (TPSA) is 103 Å². The lowest BCUT2D eigenvalue weighted by Gasteiger charge is -2.48. The molecule has 3 aromatic heterocycles. The molecular formula is C23H28N6O2S. The highest BCUT2D eigenvalue weighted by atomic mass is 32.1. The van der Waals surface area contributed by atoms with Gasteiger partial charge in [0, 0.05) is 43.1 Å². The van der Waals surface area contributed by atoms with Crippen LogP contribution in [0.4, 0.5) is 5.82 Å². The van der Waals surface area contributed by atoms with Gasteiger partial charge in [-0.1, -0.05) is 0 Å². The minimum atomic E-state index is -0.717. The molecule has 1 amide bonds. The van der Waals surface area contributed by atoms with Crippen molar-refractivity contribution in [2.45, 2.75) is 50.3 Å². The van der Waals surface area contributed by atoms with Gasteiger partial charge in [-0.05, 0) is 50.3 Å². The van der Waals surface area contributed by atoms with Crippen molar-refractivity contribution in [2.24, 2.45) is 0 Å². The van der Waals surface area contributed by atoms with E-state index in [-0.39, 0.29) is 18.5 Å². The summed E-state index contributed by atoms with van der Waals surface area (Å²) in [6.45, 7) is 3.91. The zero-order chi connectivity index (χ0) is 22.1. The summed E-state index contributed by atoms with van der Waals surface area (Å²) in [4.78, 5) is 28.7. The predicted molar refractivity (Wildman–Crippen MR) is 125 cm³/mol. The number of fused-ring (bicyclic) bond motifs is 1. The maximum absolute atomic E-state index is 12.4. The van der Waals surface area contributed by atoms with Gasteiger partial charge >= 0.3 is 0 Å². The molecule has 0 bridgehead atoms. The molecule has 3 N–H and O–H groups in total. The standard InChI is InChI=1S/C23H28N6O2S/c1-15-8-18-19(26-9-15)4-7-25-22(18)27-11-21(30)28-16-12-29(13-16)17-2-5-23(31,6-3-17)20-10-24-14-32-20/h4,7-10,14,16-17,31H,2-3,5-6,11-13H2,1H3,(H,25,27)(H,28,30). The average molecular weight is 453 g/mol. The van der Waals surface area contributed by atoms with Gasteiger partial charge in [0.2, 0.25) is 5.91 Å². The lowest BCUT2D eigenvalue weighted by molar-refractivity contribution is -0.121. The number of aryl methyl sites for hydroxylation is 1. The lowest BCUT2D eigenvalue weighted by atomic mass is 9.80. The summed E-state index contributed by atoms with van der Waals surface area (Å²) in [5.74, 6) is 0.650. The van der Waals surface area contributed by atoms with Crippen LogP contribution in [0, 0.1) is 6.92 Å². The molecule has 0 unspecified atom stereocenters. The van der Waals surface area contributed by atoms with Gasteiger partial charge in [-0.15, -0.1) is 11.3 Å². The Hall–Kier alpha value is -2.62. The number of thiazole rings is 1. The number of anilines is 1. The molecule has 1 aliphatic heterocycles. The Morgan fingerprint density at radius 2 is 2.09 bits per heavy atom. The third-order valence-corrected chi connectivity index (χ3v) is 7.59. The van der Waals surface area contributed by atoms with Crippen molar-refractivity contribution in [3.05, 3.63) is 46.7 Å². The summed E-state index contributed by atoms with van der Waals surface area (Å²) in [5, 5.41) is 18.1. The summed E-state index contributed by atoms with van der Waals surface area (Å²) in [6, 6.07) is 4.55. The summed E-state index contributed by atoms with van der Waals surface area (Å²) >= 11 is 1.53. The van der Waals surface area contributed by atoms with E-state index in [0.717, 1.165) is 60.1 Å². The number of aromatic nitrogens is 3. The van der Waals surface area contributed by atoms with Crippen molar-refractivity contribution in [3.8, 4) is 0 Å². The van der Waals surface area contributed by atoms with E-state index in [1.54, 1.807) is 17.9 Å². The second-order valence-electron chi connectivity index (χ2n) is 8.94. The van der Waals surface area contributed by atoms with E-state index in [2.05, 4.69) is 30.5 Å². The Kier molecular flexibility index (Phi) is 5.79. The van der Waals surface area contributed by atoms with Crippen LogP contribution in [0.15, 0.2) is 36.2 Å². The number of nitrogens with one attached hydrogen (secondary N) is 2. The van der Waals surface area contributed by atoms with E-state index in [1.165, 1.54) is 11.3 Å². The van der Waals surface area contributed by atoms with Gasteiger partial charge in [-0.3, -0.25) is 19.7 Å². The van der Waals surface area contributed by atoms with E-state index in [1.807, 2.05) is 25.3 Å². The summed E-state index contributed by atoms with van der Waals surface area (Å²) in [5.41, 5.74) is 2.98. The van der Waals surface area contributed by atoms with Crippen LogP contribution < -0.4 is 10.6 Å². The molecule has 8 nitrogen and oxygen atoms in total. The van der Waals surface area contributed by atoms with Crippen LogP contribution in [-0.2, 0) is 10.4 Å². The Morgan fingerprint density at radius 3 is 2.84 bits per heavy atom. The molecule has 0 spiro atoms. The van der Waals surface area contributed by atoms with Crippen LogP contribution in [0.3, 0.4) is 0 Å². The molecule has 2 aliphatic rings. The average Bonchev–Trinajstić information content (AvgIpc) is 3.31. The number of likely N-dealkylation sites (tertiary alicyclic amines) is 1. The van der Waals surface area contributed by atoms with Crippen molar-refractivity contribution in [1.82, 2.24) is 25.2 Å². The highest BCUT2D eigenvalue weighted by molar-refractivity contribution is 7.09. The van der Waals surface area contributed by atoms with Crippen molar-refractivity contribution >= 4 is 34.0 Å².